The van der Waals surface area contributed by atoms with Gasteiger partial charge in [-0.05, 0) is 25.1 Å². The van der Waals surface area contributed by atoms with Crippen LogP contribution in [0.25, 0.3) is 0 Å². The van der Waals surface area contributed by atoms with Crippen LogP contribution in [0.5, 0.6) is 0 Å². The van der Waals surface area contributed by atoms with Gasteiger partial charge in [0.05, 0.1) is 18.6 Å². The second-order valence-corrected chi connectivity index (χ2v) is 6.85. The van der Waals surface area contributed by atoms with Crippen molar-refractivity contribution in [2.45, 2.75) is 23.5 Å². The summed E-state index contributed by atoms with van der Waals surface area (Å²) >= 11 is 0. The summed E-state index contributed by atoms with van der Waals surface area (Å²) in [7, 11) is -4.08. The number of alkyl halides is 3. The van der Waals surface area contributed by atoms with Gasteiger partial charge in [0.25, 0.3) is 0 Å². The van der Waals surface area contributed by atoms with Crippen LogP contribution in [0.4, 0.5) is 13.2 Å². The molecule has 0 bridgehead atoms. The molecule has 0 amide bonds. The quantitative estimate of drug-likeness (QED) is 0.435. The highest BCUT2D eigenvalue weighted by Gasteiger charge is 2.66. The average Bonchev–Trinajstić information content (AvgIpc) is 2.53. The van der Waals surface area contributed by atoms with E-state index in [1.165, 1.54) is 12.1 Å². The van der Waals surface area contributed by atoms with E-state index in [0.717, 1.165) is 12.1 Å². The number of nitrogens with zero attached hydrogens (tertiary/aromatic N) is 1. The first kappa shape index (κ1) is 20.7. The largest absolute Gasteiger partial charge is 0.467 e. The van der Waals surface area contributed by atoms with Gasteiger partial charge < -0.3 is 4.74 Å². The lowest BCUT2D eigenvalue weighted by atomic mass is 9.99. The molecule has 5 nitrogen and oxygen atoms in total. The van der Waals surface area contributed by atoms with Crippen molar-refractivity contribution in [3.8, 4) is 12.3 Å². The molecular formula is C16H16F3NO4S. The van der Waals surface area contributed by atoms with Crippen molar-refractivity contribution in [2.75, 3.05) is 13.7 Å². The third-order valence-electron chi connectivity index (χ3n) is 3.46. The monoisotopic (exact) mass is 375 g/mol. The molecule has 1 unspecified atom stereocenters. The van der Waals surface area contributed by atoms with E-state index in [-0.39, 0.29) is 10.4 Å². The molecule has 1 aromatic rings. The second kappa shape index (κ2) is 7.29. The topological polar surface area (TPSA) is 63.7 Å². The molecule has 0 saturated carbocycles. The van der Waals surface area contributed by atoms with Crippen LogP contribution in [0.3, 0.4) is 0 Å². The van der Waals surface area contributed by atoms with Crippen LogP contribution in [-0.4, -0.2) is 44.1 Å². The molecular weight excluding hydrogens is 359 g/mol. The third-order valence-corrected chi connectivity index (χ3v) is 5.33. The lowest BCUT2D eigenvalue weighted by Gasteiger charge is -2.38. The van der Waals surface area contributed by atoms with Gasteiger partial charge in [-0.15, -0.1) is 13.0 Å². The number of sulfonamides is 1. The number of rotatable bonds is 6. The van der Waals surface area contributed by atoms with E-state index in [2.05, 4.69) is 11.3 Å². The first-order chi connectivity index (χ1) is 11.5. The van der Waals surface area contributed by atoms with Crippen molar-refractivity contribution in [3.63, 3.8) is 0 Å². The molecule has 0 spiro atoms. The van der Waals surface area contributed by atoms with Crippen molar-refractivity contribution in [3.05, 3.63) is 42.5 Å². The fourth-order valence-electron chi connectivity index (χ4n) is 2.14. The zero-order valence-electron chi connectivity index (χ0n) is 13.5. The van der Waals surface area contributed by atoms with Gasteiger partial charge in [0, 0.05) is 0 Å². The van der Waals surface area contributed by atoms with E-state index >= 15 is 0 Å². The van der Waals surface area contributed by atoms with E-state index in [1.54, 1.807) is 6.92 Å². The fraction of sp³-hybridized carbons (Fsp3) is 0.312. The van der Waals surface area contributed by atoms with Gasteiger partial charge >= 0.3 is 12.1 Å². The summed E-state index contributed by atoms with van der Waals surface area (Å²) in [5.41, 5.74) is -2.96. The van der Waals surface area contributed by atoms with Gasteiger partial charge in [-0.25, -0.2) is 13.2 Å². The van der Waals surface area contributed by atoms with E-state index < -0.39 is 39.1 Å². The molecule has 0 aromatic heterocycles. The summed E-state index contributed by atoms with van der Waals surface area (Å²) in [5, 5.41) is 0. The number of terminal acetylenes is 1. The summed E-state index contributed by atoms with van der Waals surface area (Å²) < 4.78 is 70.9. The fourth-order valence-corrected chi connectivity index (χ4v) is 3.75. The maximum atomic E-state index is 13.7. The highest BCUT2D eigenvalue weighted by atomic mass is 32.2. The van der Waals surface area contributed by atoms with Gasteiger partial charge in [-0.2, -0.15) is 17.5 Å². The zero-order chi connectivity index (χ0) is 19.5. The Morgan fingerprint density at radius 3 is 2.24 bits per heavy atom. The molecule has 1 atom stereocenters. The number of carbonyl (C=O) groups is 1. The van der Waals surface area contributed by atoms with Crippen LogP contribution in [0.2, 0.25) is 0 Å². The van der Waals surface area contributed by atoms with Crippen molar-refractivity contribution >= 4 is 16.0 Å². The summed E-state index contributed by atoms with van der Waals surface area (Å²) in [6.07, 6.45) is -0.127. The molecule has 0 radical (unpaired) electrons. The van der Waals surface area contributed by atoms with Crippen LogP contribution in [0.1, 0.15) is 5.56 Å². The SMILES string of the molecule is C#CCN(C(C=C)(C(=O)OC)C(F)(F)F)S(=O)(=O)c1ccc(C)cc1. The van der Waals surface area contributed by atoms with Crippen molar-refractivity contribution in [1.29, 1.82) is 0 Å². The predicted molar refractivity (Wildman–Crippen MR) is 84.9 cm³/mol. The maximum Gasteiger partial charge on any atom is 0.422 e. The molecule has 25 heavy (non-hydrogen) atoms. The number of aryl methyl sites for hydroxylation is 1. The summed E-state index contributed by atoms with van der Waals surface area (Å²) in [6.45, 7) is 3.65. The maximum absolute atomic E-state index is 13.7. The number of methoxy groups -OCH3 is 1. The number of hydrogen-bond donors (Lipinski definition) is 0. The highest BCUT2D eigenvalue weighted by Crippen LogP contribution is 2.40. The lowest BCUT2D eigenvalue weighted by Crippen LogP contribution is -2.64. The Morgan fingerprint density at radius 1 is 1.36 bits per heavy atom. The minimum Gasteiger partial charge on any atom is -0.467 e. The molecule has 136 valence electrons. The minimum absolute atomic E-state index is 0.135. The number of esters is 1. The van der Waals surface area contributed by atoms with Gasteiger partial charge in [-0.1, -0.05) is 23.6 Å². The normalized spacial score (nSPS) is 14.4. The van der Waals surface area contributed by atoms with Crippen LogP contribution >= 0.6 is 0 Å². The molecule has 0 fully saturated rings. The third kappa shape index (κ3) is 3.55. The Hall–Kier alpha value is -2.31. The molecule has 0 N–H and O–H groups in total. The van der Waals surface area contributed by atoms with Crippen LogP contribution in [0, 0.1) is 19.3 Å². The van der Waals surface area contributed by atoms with Crippen molar-refractivity contribution in [2.24, 2.45) is 0 Å². The van der Waals surface area contributed by atoms with Crippen LogP contribution < -0.4 is 0 Å². The van der Waals surface area contributed by atoms with Crippen molar-refractivity contribution < 1.29 is 31.1 Å². The van der Waals surface area contributed by atoms with Gasteiger partial charge in [-0.3, -0.25) is 0 Å². The van der Waals surface area contributed by atoms with Gasteiger partial charge in [0.1, 0.15) is 0 Å². The Labute approximate surface area is 144 Å². The molecule has 1 rings (SSSR count). The number of carbonyl (C=O) groups excluding carboxylic acids is 1. The standard InChI is InChI=1S/C16H16F3NO4S/c1-5-11-20(15(6-2,14(21)24-4)16(17,18)19)25(22,23)13-9-7-12(3)8-10-13/h1,6-10H,2,11H2,3-4H3. The predicted octanol–water partition coefficient (Wildman–Crippen LogP) is 2.28. The smallest absolute Gasteiger partial charge is 0.422 e. The molecule has 0 heterocycles. The van der Waals surface area contributed by atoms with E-state index in [1.807, 2.05) is 5.92 Å². The first-order valence-electron chi connectivity index (χ1n) is 6.80. The Balaban J connectivity index is 3.76. The zero-order valence-corrected chi connectivity index (χ0v) is 14.3. The Morgan fingerprint density at radius 2 is 1.88 bits per heavy atom. The molecule has 0 aliphatic carbocycles. The number of halogens is 3. The van der Waals surface area contributed by atoms with E-state index in [9.17, 15) is 26.4 Å². The average molecular weight is 375 g/mol. The lowest BCUT2D eigenvalue weighted by molar-refractivity contribution is -0.213. The summed E-state index contributed by atoms with van der Waals surface area (Å²) in [4.78, 5) is 11.5. The van der Waals surface area contributed by atoms with E-state index in [0.29, 0.717) is 12.7 Å². The van der Waals surface area contributed by atoms with Crippen LogP contribution in [0.15, 0.2) is 41.8 Å². The van der Waals surface area contributed by atoms with Gasteiger partial charge in [0.2, 0.25) is 15.6 Å². The molecule has 0 saturated heterocycles. The number of hydrogen-bond acceptors (Lipinski definition) is 4. The minimum atomic E-state index is -5.35. The molecule has 9 heteroatoms. The van der Waals surface area contributed by atoms with Gasteiger partial charge in [0.15, 0.2) is 0 Å². The highest BCUT2D eigenvalue weighted by molar-refractivity contribution is 7.89. The second-order valence-electron chi connectivity index (χ2n) is 4.99. The molecule has 0 aliphatic heterocycles. The Kier molecular flexibility index (Phi) is 6.05. The number of benzene rings is 1. The molecule has 0 aliphatic rings. The first-order valence-corrected chi connectivity index (χ1v) is 8.24. The number of ether oxygens (including phenoxy) is 1. The Bertz CT molecular complexity index is 794. The summed E-state index contributed by atoms with van der Waals surface area (Å²) in [5.74, 6) is -0.0234. The molecule has 1 aromatic carbocycles. The van der Waals surface area contributed by atoms with E-state index in [4.69, 9.17) is 6.42 Å². The van der Waals surface area contributed by atoms with Crippen LogP contribution in [-0.2, 0) is 19.6 Å². The summed E-state index contributed by atoms with van der Waals surface area (Å²) in [6, 6.07) is 5.05. The van der Waals surface area contributed by atoms with Crippen molar-refractivity contribution in [1.82, 2.24) is 4.31 Å².